The monoisotopic (exact) mass is 552 g/mol. The van der Waals surface area contributed by atoms with E-state index in [0.717, 1.165) is 29.3 Å². The summed E-state index contributed by atoms with van der Waals surface area (Å²) >= 11 is 0. The first-order chi connectivity index (χ1) is 14.4. The Bertz CT molecular complexity index is 897. The normalized spacial score (nSPS) is 13.3. The average molecular weight is 552 g/mol. The van der Waals surface area contributed by atoms with Crippen molar-refractivity contribution in [3.8, 4) is 11.5 Å². The minimum absolute atomic E-state index is 0. The Morgan fingerprint density at radius 2 is 1.90 bits per heavy atom. The van der Waals surface area contributed by atoms with Crippen LogP contribution in [0.25, 0.3) is 0 Å². The Hall–Kier alpha value is -2.51. The molecule has 8 nitrogen and oxygen atoms in total. The van der Waals surface area contributed by atoms with Crippen LogP contribution in [0.1, 0.15) is 11.3 Å². The van der Waals surface area contributed by atoms with Crippen molar-refractivity contribution in [2.24, 2.45) is 4.99 Å². The van der Waals surface area contributed by atoms with E-state index >= 15 is 0 Å². The lowest BCUT2D eigenvalue weighted by atomic mass is 10.2. The molecule has 0 radical (unpaired) electrons. The van der Waals surface area contributed by atoms with E-state index in [0.29, 0.717) is 38.8 Å². The molecule has 0 bridgehead atoms. The first-order valence-electron chi connectivity index (χ1n) is 9.31. The van der Waals surface area contributed by atoms with E-state index in [4.69, 9.17) is 9.47 Å². The molecule has 0 saturated heterocycles. The van der Waals surface area contributed by atoms with Gasteiger partial charge in [0.15, 0.2) is 17.5 Å². The van der Waals surface area contributed by atoms with E-state index in [1.165, 1.54) is 0 Å². The molecule has 1 aromatic carbocycles. The molecule has 12 heteroatoms. The maximum Gasteiger partial charge on any atom is 0.433 e. The van der Waals surface area contributed by atoms with Crippen LogP contribution in [0.15, 0.2) is 35.5 Å². The molecule has 0 unspecified atom stereocenters. The quantitative estimate of drug-likeness (QED) is 0.247. The molecule has 2 N–H and O–H groups in total. The first kappa shape index (κ1) is 24.8. The molecule has 170 valence electrons. The maximum absolute atomic E-state index is 12.7. The van der Waals surface area contributed by atoms with Gasteiger partial charge in [0.05, 0.1) is 0 Å². The van der Waals surface area contributed by atoms with Crippen molar-refractivity contribution in [3.05, 3.63) is 41.7 Å². The number of nitrogens with one attached hydrogen (secondary N) is 2. The summed E-state index contributed by atoms with van der Waals surface area (Å²) in [5, 5.41) is 5.92. The second-order valence-electron chi connectivity index (χ2n) is 6.50. The van der Waals surface area contributed by atoms with Crippen molar-refractivity contribution < 1.29 is 22.6 Å². The van der Waals surface area contributed by atoms with Gasteiger partial charge in [-0.3, -0.25) is 4.99 Å². The Morgan fingerprint density at radius 3 is 2.61 bits per heavy atom. The summed E-state index contributed by atoms with van der Waals surface area (Å²) in [7, 11) is 3.54. The van der Waals surface area contributed by atoms with Crippen molar-refractivity contribution >= 4 is 35.9 Å². The standard InChI is InChI=1S/C19H23F3N6O2.HI/c1-23-18(26-8-7-25-17-24-6-5-16(27-17)19(20,21)22)28(2)12-13-3-4-14-15(11-13)30-10-9-29-14;/h3-6,11H,7-10,12H2,1-2H3,(H,23,26)(H,24,25,27);1H. The number of aliphatic imine (C=N–C) groups is 1. The lowest BCUT2D eigenvalue weighted by Crippen LogP contribution is -2.40. The molecule has 0 amide bonds. The highest BCUT2D eigenvalue weighted by atomic mass is 127. The highest BCUT2D eigenvalue weighted by Crippen LogP contribution is 2.31. The van der Waals surface area contributed by atoms with Gasteiger partial charge in [-0.1, -0.05) is 6.07 Å². The highest BCUT2D eigenvalue weighted by Gasteiger charge is 2.32. The second-order valence-corrected chi connectivity index (χ2v) is 6.50. The molecule has 31 heavy (non-hydrogen) atoms. The minimum Gasteiger partial charge on any atom is -0.486 e. The number of anilines is 1. The predicted octanol–water partition coefficient (Wildman–Crippen LogP) is 3.00. The van der Waals surface area contributed by atoms with Crippen molar-refractivity contribution in [2.45, 2.75) is 12.7 Å². The van der Waals surface area contributed by atoms with Crippen LogP contribution in [0.2, 0.25) is 0 Å². The third-order valence-corrected chi connectivity index (χ3v) is 4.24. The summed E-state index contributed by atoms with van der Waals surface area (Å²) in [6.45, 7) is 2.39. The summed E-state index contributed by atoms with van der Waals surface area (Å²) < 4.78 is 49.2. The van der Waals surface area contributed by atoms with Gasteiger partial charge in [0.2, 0.25) is 5.95 Å². The van der Waals surface area contributed by atoms with Crippen LogP contribution in [0.4, 0.5) is 19.1 Å². The number of fused-ring (bicyclic) bond motifs is 1. The molecule has 1 aliphatic heterocycles. The SMILES string of the molecule is CN=C(NCCNc1nccc(C(F)(F)F)n1)N(C)Cc1ccc2c(c1)OCCO2.I. The van der Waals surface area contributed by atoms with Crippen molar-refractivity contribution in [3.63, 3.8) is 0 Å². The van der Waals surface area contributed by atoms with E-state index in [1.807, 2.05) is 30.1 Å². The molecular formula is C19H24F3IN6O2. The van der Waals surface area contributed by atoms with E-state index < -0.39 is 11.9 Å². The Kier molecular flexibility index (Phi) is 8.95. The van der Waals surface area contributed by atoms with E-state index in [2.05, 4.69) is 25.6 Å². The number of alkyl halides is 3. The van der Waals surface area contributed by atoms with Crippen LogP contribution >= 0.6 is 24.0 Å². The van der Waals surface area contributed by atoms with E-state index in [9.17, 15) is 13.2 Å². The molecule has 3 rings (SSSR count). The van der Waals surface area contributed by atoms with Crippen LogP contribution in [-0.4, -0.2) is 61.2 Å². The third-order valence-electron chi connectivity index (χ3n) is 4.24. The van der Waals surface area contributed by atoms with Crippen molar-refractivity contribution in [2.75, 3.05) is 45.7 Å². The number of rotatable bonds is 6. The van der Waals surface area contributed by atoms with Crippen LogP contribution in [0.5, 0.6) is 11.5 Å². The van der Waals surface area contributed by atoms with E-state index in [-0.39, 0.29) is 29.9 Å². The smallest absolute Gasteiger partial charge is 0.433 e. The number of hydrogen-bond acceptors (Lipinski definition) is 6. The lowest BCUT2D eigenvalue weighted by Gasteiger charge is -2.24. The minimum atomic E-state index is -4.50. The number of halogens is 4. The van der Waals surface area contributed by atoms with Crippen LogP contribution in [-0.2, 0) is 12.7 Å². The van der Waals surface area contributed by atoms with E-state index in [1.54, 1.807) is 7.05 Å². The summed E-state index contributed by atoms with van der Waals surface area (Å²) in [6.07, 6.45) is -3.43. The molecular weight excluding hydrogens is 528 g/mol. The summed E-state index contributed by atoms with van der Waals surface area (Å²) in [5.74, 6) is 2.02. The zero-order valence-corrected chi connectivity index (χ0v) is 19.4. The molecule has 0 spiro atoms. The van der Waals surface area contributed by atoms with Crippen LogP contribution < -0.4 is 20.1 Å². The summed E-state index contributed by atoms with van der Waals surface area (Å²) in [4.78, 5) is 13.4. The zero-order valence-electron chi connectivity index (χ0n) is 17.1. The maximum atomic E-state index is 12.7. The fraction of sp³-hybridized carbons (Fsp3) is 0.421. The highest BCUT2D eigenvalue weighted by molar-refractivity contribution is 14.0. The molecule has 0 saturated carbocycles. The molecule has 2 heterocycles. The number of guanidine groups is 1. The van der Waals surface area contributed by atoms with Gasteiger partial charge in [-0.2, -0.15) is 13.2 Å². The number of nitrogens with zero attached hydrogens (tertiary/aromatic N) is 4. The van der Waals surface area contributed by atoms with Crippen LogP contribution in [0, 0.1) is 0 Å². The lowest BCUT2D eigenvalue weighted by molar-refractivity contribution is -0.141. The van der Waals surface area contributed by atoms with Crippen LogP contribution in [0.3, 0.4) is 0 Å². The molecule has 0 atom stereocenters. The number of hydrogen-bond donors (Lipinski definition) is 2. The Morgan fingerprint density at radius 1 is 1.16 bits per heavy atom. The van der Waals surface area contributed by atoms with Gasteiger partial charge in [0.25, 0.3) is 0 Å². The molecule has 0 fully saturated rings. The second kappa shape index (κ2) is 11.2. The molecule has 0 aliphatic carbocycles. The topological polar surface area (TPSA) is 83.9 Å². The summed E-state index contributed by atoms with van der Waals surface area (Å²) in [5.41, 5.74) is 0.0446. The molecule has 2 aromatic rings. The molecule has 1 aromatic heterocycles. The zero-order chi connectivity index (χ0) is 21.6. The van der Waals surface area contributed by atoms with Crippen molar-refractivity contribution in [1.82, 2.24) is 20.2 Å². The Labute approximate surface area is 195 Å². The third kappa shape index (κ3) is 7.01. The molecule has 1 aliphatic rings. The van der Waals surface area contributed by atoms with Crippen molar-refractivity contribution in [1.29, 1.82) is 0 Å². The van der Waals surface area contributed by atoms with Gasteiger partial charge in [0, 0.05) is 39.9 Å². The number of benzene rings is 1. The number of aromatic nitrogens is 2. The predicted molar refractivity (Wildman–Crippen MR) is 121 cm³/mol. The summed E-state index contributed by atoms with van der Waals surface area (Å²) in [6, 6.07) is 6.61. The van der Waals surface area contributed by atoms with Gasteiger partial charge in [-0.15, -0.1) is 24.0 Å². The Balaban J connectivity index is 0.00000341. The van der Waals surface area contributed by atoms with Gasteiger partial charge in [0.1, 0.15) is 18.9 Å². The van der Waals surface area contributed by atoms with Gasteiger partial charge >= 0.3 is 6.18 Å². The fourth-order valence-electron chi connectivity index (χ4n) is 2.87. The largest absolute Gasteiger partial charge is 0.486 e. The van der Waals surface area contributed by atoms with Gasteiger partial charge in [-0.05, 0) is 23.8 Å². The fourth-order valence-corrected chi connectivity index (χ4v) is 2.87. The van der Waals surface area contributed by atoms with Gasteiger partial charge in [-0.25, -0.2) is 9.97 Å². The van der Waals surface area contributed by atoms with Gasteiger partial charge < -0.3 is 25.0 Å². The average Bonchev–Trinajstić information content (AvgIpc) is 2.73. The first-order valence-corrected chi connectivity index (χ1v) is 9.31. The number of ether oxygens (including phenoxy) is 2.